The quantitative estimate of drug-likeness (QED) is 0.164. The van der Waals surface area contributed by atoms with Crippen molar-refractivity contribution in [2.75, 3.05) is 0 Å². The molecule has 242 valence electrons. The Hall–Kier alpha value is -6.48. The summed E-state index contributed by atoms with van der Waals surface area (Å²) in [5, 5.41) is 10.7. The molecule has 1 aliphatic rings. The third-order valence-electron chi connectivity index (χ3n) is 11.2. The van der Waals surface area contributed by atoms with Crippen LogP contribution in [0.3, 0.4) is 0 Å². The van der Waals surface area contributed by atoms with E-state index in [0.29, 0.717) is 0 Å². The van der Waals surface area contributed by atoms with Crippen LogP contribution >= 0.6 is 0 Å². The van der Waals surface area contributed by atoms with Crippen molar-refractivity contribution in [3.63, 3.8) is 0 Å². The normalized spacial score (nSPS) is 12.6. The molecular weight excluding hydrogens is 643 g/mol. The van der Waals surface area contributed by atoms with Gasteiger partial charge in [0, 0.05) is 16.5 Å². The van der Waals surface area contributed by atoms with Gasteiger partial charge in [-0.1, -0.05) is 162 Å². The molecule has 0 bridgehead atoms. The Morgan fingerprint density at radius 3 is 1.46 bits per heavy atom. The topological polar surface area (TPSA) is 4.93 Å². The van der Waals surface area contributed by atoms with Gasteiger partial charge >= 0.3 is 0 Å². The van der Waals surface area contributed by atoms with Gasteiger partial charge in [-0.2, -0.15) is 0 Å². The summed E-state index contributed by atoms with van der Waals surface area (Å²) in [5.74, 6) is 0. The molecule has 2 heteroatoms. The summed E-state index contributed by atoms with van der Waals surface area (Å²) in [6.07, 6.45) is 0. The van der Waals surface area contributed by atoms with E-state index in [2.05, 4.69) is 193 Å². The van der Waals surface area contributed by atoms with E-state index in [4.69, 9.17) is 0 Å². The van der Waals surface area contributed by atoms with Crippen LogP contribution in [0.2, 0.25) is 0 Å². The molecular formula is C50H33NSi. The Kier molecular flexibility index (Phi) is 6.49. The largest absolute Gasteiger partial charge is 0.309 e. The Morgan fingerprint density at radius 1 is 0.308 bits per heavy atom. The minimum Gasteiger partial charge on any atom is -0.309 e. The highest BCUT2D eigenvalue weighted by Crippen LogP contribution is 2.40. The lowest BCUT2D eigenvalue weighted by atomic mass is 9.95. The highest BCUT2D eigenvalue weighted by atomic mass is 28.2. The number of benzene rings is 9. The summed E-state index contributed by atoms with van der Waals surface area (Å²) in [7, 11) is -0.636. The molecule has 0 atom stereocenters. The van der Waals surface area contributed by atoms with Gasteiger partial charge < -0.3 is 4.57 Å². The Labute approximate surface area is 304 Å². The number of fused-ring (bicyclic) bond motifs is 8. The fourth-order valence-corrected chi connectivity index (χ4v) is 10.8. The highest BCUT2D eigenvalue weighted by Gasteiger charge is 2.22. The van der Waals surface area contributed by atoms with Crippen molar-refractivity contribution >= 4 is 63.2 Å². The molecule has 1 aliphatic heterocycles. The molecule has 0 aliphatic carbocycles. The second-order valence-electron chi connectivity index (χ2n) is 14.1. The smallest absolute Gasteiger partial charge is 0.0892 e. The lowest BCUT2D eigenvalue weighted by molar-refractivity contribution is 1.18. The van der Waals surface area contributed by atoms with Gasteiger partial charge in [0.25, 0.3) is 0 Å². The summed E-state index contributed by atoms with van der Waals surface area (Å²) in [4.78, 5) is 0. The van der Waals surface area contributed by atoms with Crippen LogP contribution < -0.4 is 10.4 Å². The van der Waals surface area contributed by atoms with Crippen LogP contribution in [-0.2, 0) is 0 Å². The van der Waals surface area contributed by atoms with Gasteiger partial charge in [-0.3, -0.25) is 0 Å². The Morgan fingerprint density at radius 2 is 0.827 bits per heavy atom. The van der Waals surface area contributed by atoms with Gasteiger partial charge in [-0.05, 0) is 102 Å². The molecule has 10 aromatic rings. The third kappa shape index (κ3) is 4.55. The van der Waals surface area contributed by atoms with Crippen LogP contribution in [-0.4, -0.2) is 14.1 Å². The minimum absolute atomic E-state index is 0.636. The molecule has 2 heterocycles. The van der Waals surface area contributed by atoms with Gasteiger partial charge in [0.1, 0.15) is 0 Å². The summed E-state index contributed by atoms with van der Waals surface area (Å²) < 4.78 is 2.50. The average molecular weight is 676 g/mol. The number of hydrogen-bond donors (Lipinski definition) is 0. The van der Waals surface area contributed by atoms with Crippen molar-refractivity contribution in [1.29, 1.82) is 0 Å². The van der Waals surface area contributed by atoms with E-state index >= 15 is 0 Å². The first-order valence-corrected chi connectivity index (χ1v) is 19.5. The van der Waals surface area contributed by atoms with Crippen LogP contribution in [0.4, 0.5) is 0 Å². The molecule has 52 heavy (non-hydrogen) atoms. The van der Waals surface area contributed by atoms with E-state index in [1.807, 2.05) is 0 Å². The molecule has 1 nitrogen and oxygen atoms in total. The predicted molar refractivity (Wildman–Crippen MR) is 225 cm³/mol. The van der Waals surface area contributed by atoms with Gasteiger partial charge in [-0.15, -0.1) is 0 Å². The van der Waals surface area contributed by atoms with E-state index in [9.17, 15) is 0 Å². The molecule has 0 radical (unpaired) electrons. The minimum atomic E-state index is -0.636. The van der Waals surface area contributed by atoms with Crippen molar-refractivity contribution in [2.24, 2.45) is 0 Å². The van der Waals surface area contributed by atoms with E-state index in [0.717, 1.165) is 0 Å². The standard InChI is InChI=1S/C50H33NSi/c1-2-10-32(11-3-1)35-20-24-43-44-25-23-38(31-50(44)52-49(43)30-35)51-47-26-21-36(41-18-8-14-33-12-4-6-16-39(33)41)28-45(47)46-29-37(22-27-48(46)51)42-19-9-15-34-13-5-7-17-40(34)42/h1-31H,52H2. The molecule has 11 rings (SSSR count). The molecule has 9 aromatic carbocycles. The van der Waals surface area contributed by atoms with Crippen LogP contribution in [0.25, 0.3) is 93.5 Å². The van der Waals surface area contributed by atoms with Crippen molar-refractivity contribution in [1.82, 2.24) is 4.57 Å². The summed E-state index contributed by atoms with van der Waals surface area (Å²) >= 11 is 0. The van der Waals surface area contributed by atoms with E-state index < -0.39 is 9.52 Å². The third-order valence-corrected chi connectivity index (χ3v) is 13.1. The summed E-state index contributed by atoms with van der Waals surface area (Å²) in [6, 6.07) is 69.9. The molecule has 0 unspecified atom stereocenters. The van der Waals surface area contributed by atoms with Crippen molar-refractivity contribution in [3.8, 4) is 50.2 Å². The maximum Gasteiger partial charge on any atom is 0.0892 e. The van der Waals surface area contributed by atoms with Gasteiger partial charge in [0.15, 0.2) is 0 Å². The van der Waals surface area contributed by atoms with Crippen LogP contribution in [0, 0.1) is 0 Å². The second kappa shape index (κ2) is 11.5. The molecule has 0 amide bonds. The number of nitrogens with zero attached hydrogens (tertiary/aromatic N) is 1. The maximum atomic E-state index is 2.50. The maximum absolute atomic E-state index is 2.50. The zero-order valence-corrected chi connectivity index (χ0v) is 30.0. The Balaban J connectivity index is 1.10. The summed E-state index contributed by atoms with van der Waals surface area (Å²) in [5.41, 5.74) is 14.1. The van der Waals surface area contributed by atoms with E-state index in [1.165, 1.54) is 104 Å². The predicted octanol–water partition coefficient (Wildman–Crippen LogP) is 11.2. The molecule has 0 spiro atoms. The van der Waals surface area contributed by atoms with Crippen LogP contribution in [0.15, 0.2) is 188 Å². The fourth-order valence-electron chi connectivity index (χ4n) is 8.74. The van der Waals surface area contributed by atoms with Crippen molar-refractivity contribution < 1.29 is 0 Å². The lowest BCUT2D eigenvalue weighted by Crippen LogP contribution is -2.21. The van der Waals surface area contributed by atoms with Crippen molar-refractivity contribution in [3.05, 3.63) is 188 Å². The molecule has 1 aromatic heterocycles. The second-order valence-corrected chi connectivity index (χ2v) is 16.0. The van der Waals surface area contributed by atoms with E-state index in [1.54, 1.807) is 0 Å². The van der Waals surface area contributed by atoms with Crippen LogP contribution in [0.5, 0.6) is 0 Å². The first kappa shape index (κ1) is 29.3. The van der Waals surface area contributed by atoms with E-state index in [-0.39, 0.29) is 0 Å². The fraction of sp³-hybridized carbons (Fsp3) is 0. The first-order valence-electron chi connectivity index (χ1n) is 18.1. The average Bonchev–Trinajstić information content (AvgIpc) is 3.74. The molecule has 0 N–H and O–H groups in total. The summed E-state index contributed by atoms with van der Waals surface area (Å²) in [6.45, 7) is 0. The van der Waals surface area contributed by atoms with Crippen LogP contribution in [0.1, 0.15) is 0 Å². The molecule has 0 saturated carbocycles. The zero-order valence-electron chi connectivity index (χ0n) is 28.6. The number of rotatable bonds is 4. The highest BCUT2D eigenvalue weighted by molar-refractivity contribution is 6.73. The number of aromatic nitrogens is 1. The van der Waals surface area contributed by atoms with Gasteiger partial charge in [-0.25, -0.2) is 0 Å². The van der Waals surface area contributed by atoms with Crippen molar-refractivity contribution in [2.45, 2.75) is 0 Å². The monoisotopic (exact) mass is 675 g/mol. The zero-order chi connectivity index (χ0) is 34.2. The Bertz CT molecular complexity index is 2890. The first-order chi connectivity index (χ1) is 25.8. The lowest BCUT2D eigenvalue weighted by Gasteiger charge is -2.12. The number of hydrogen-bond acceptors (Lipinski definition) is 0. The molecule has 0 fully saturated rings. The SMILES string of the molecule is c1ccc(-c2ccc3c(c2)[SiH2]c2cc(-n4c5ccc(-c6cccc7ccccc67)cc5c5cc(-c6cccc7ccccc67)ccc54)ccc2-3)cc1. The van der Waals surface area contributed by atoms with Gasteiger partial charge in [0.2, 0.25) is 0 Å². The van der Waals surface area contributed by atoms with Gasteiger partial charge in [0.05, 0.1) is 20.6 Å². The molecule has 0 saturated heterocycles.